The Labute approximate surface area is 85.5 Å². The Morgan fingerprint density at radius 1 is 1.27 bits per heavy atom. The summed E-state index contributed by atoms with van der Waals surface area (Å²) in [6.45, 7) is -0.474. The summed E-state index contributed by atoms with van der Waals surface area (Å²) in [5.41, 5.74) is 0. The van der Waals surface area contributed by atoms with Gasteiger partial charge >= 0.3 is 5.97 Å². The minimum atomic E-state index is -1.66. The van der Waals surface area contributed by atoms with Crippen molar-refractivity contribution in [1.82, 2.24) is 0 Å². The molecule has 1 aliphatic heterocycles. The smallest absolute Gasteiger partial charge is 0.332 e. The molecule has 1 aliphatic rings. The van der Waals surface area contributed by atoms with Gasteiger partial charge in [0.1, 0.15) is 18.3 Å². The molecule has 0 spiro atoms. The molecule has 7 heteroatoms. The third-order valence-corrected chi connectivity index (χ3v) is 2.38. The molecule has 0 radical (unpaired) electrons. The van der Waals surface area contributed by atoms with Crippen molar-refractivity contribution in [2.45, 2.75) is 36.9 Å². The van der Waals surface area contributed by atoms with Crippen LogP contribution in [0.2, 0.25) is 0 Å². The number of carbonyl (C=O) groups is 1. The predicted octanol–water partition coefficient (Wildman–Crippen LogP) is -2.70. The van der Waals surface area contributed by atoms with Crippen LogP contribution in [0, 0.1) is 0 Å². The fourth-order valence-electron chi connectivity index (χ4n) is 1.49. The van der Waals surface area contributed by atoms with Crippen LogP contribution in [-0.2, 0) is 9.53 Å². The van der Waals surface area contributed by atoms with E-state index >= 15 is 0 Å². The van der Waals surface area contributed by atoms with Crippen LogP contribution in [0.3, 0.4) is 0 Å². The van der Waals surface area contributed by atoms with E-state index in [1.807, 2.05) is 0 Å². The number of hydrogen-bond donors (Lipinski definition) is 5. The van der Waals surface area contributed by atoms with Crippen LogP contribution in [0.5, 0.6) is 0 Å². The zero-order chi connectivity index (χ0) is 11.6. The molecule has 0 aliphatic carbocycles. The monoisotopic (exact) mass is 222 g/mol. The zero-order valence-electron chi connectivity index (χ0n) is 7.85. The number of hydrogen-bond acceptors (Lipinski definition) is 6. The maximum atomic E-state index is 10.3. The first kappa shape index (κ1) is 12.3. The second kappa shape index (κ2) is 4.86. The van der Waals surface area contributed by atoms with E-state index in [0.717, 1.165) is 0 Å². The highest BCUT2D eigenvalue weighted by Gasteiger charge is 2.43. The van der Waals surface area contributed by atoms with E-state index in [1.54, 1.807) is 0 Å². The third kappa shape index (κ3) is 2.64. The number of aliphatic hydroxyl groups is 4. The molecule has 0 bridgehead atoms. The standard InChI is InChI=1S/C8H14O7/c9-2-5-7(12)6(11)4(15-5)1-3(10)8(13)14/h3-7,9-12H,1-2H2,(H,13,14)/t3-,4-,5-,6-,7-/m1/s1. The Bertz CT molecular complexity index is 231. The van der Waals surface area contributed by atoms with Crippen molar-refractivity contribution < 1.29 is 35.1 Å². The van der Waals surface area contributed by atoms with Gasteiger partial charge in [0.25, 0.3) is 0 Å². The highest BCUT2D eigenvalue weighted by molar-refractivity contribution is 5.71. The summed E-state index contributed by atoms with van der Waals surface area (Å²) in [4.78, 5) is 10.3. The van der Waals surface area contributed by atoms with Crippen LogP contribution in [0.25, 0.3) is 0 Å². The molecule has 0 aromatic carbocycles. The van der Waals surface area contributed by atoms with Crippen molar-refractivity contribution in [3.05, 3.63) is 0 Å². The van der Waals surface area contributed by atoms with Gasteiger partial charge in [0.05, 0.1) is 12.7 Å². The first-order valence-electron chi connectivity index (χ1n) is 4.50. The van der Waals surface area contributed by atoms with Gasteiger partial charge in [-0.1, -0.05) is 0 Å². The Morgan fingerprint density at radius 3 is 2.20 bits per heavy atom. The van der Waals surface area contributed by atoms with Crippen molar-refractivity contribution >= 4 is 5.97 Å². The number of carboxylic acids is 1. The summed E-state index contributed by atoms with van der Waals surface area (Å²) in [5, 5.41) is 44.9. The normalized spacial score (nSPS) is 37.9. The molecular weight excluding hydrogens is 208 g/mol. The van der Waals surface area contributed by atoms with Crippen molar-refractivity contribution in [2.75, 3.05) is 6.61 Å². The highest BCUT2D eigenvalue weighted by atomic mass is 16.6. The zero-order valence-corrected chi connectivity index (χ0v) is 7.85. The molecule has 1 fully saturated rings. The molecule has 5 atom stereocenters. The molecule has 7 nitrogen and oxygen atoms in total. The van der Waals surface area contributed by atoms with E-state index in [2.05, 4.69) is 0 Å². The van der Waals surface area contributed by atoms with Gasteiger partial charge in [0.2, 0.25) is 0 Å². The lowest BCUT2D eigenvalue weighted by Crippen LogP contribution is -2.36. The molecule has 5 N–H and O–H groups in total. The van der Waals surface area contributed by atoms with Crippen LogP contribution in [-0.4, -0.2) is 68.6 Å². The summed E-state index contributed by atoms with van der Waals surface area (Å²) in [6, 6.07) is 0. The molecule has 0 amide bonds. The Hall–Kier alpha value is -0.730. The van der Waals surface area contributed by atoms with Gasteiger partial charge in [0.15, 0.2) is 6.10 Å². The minimum absolute atomic E-state index is 0.329. The van der Waals surface area contributed by atoms with Crippen LogP contribution in [0.4, 0.5) is 0 Å². The van der Waals surface area contributed by atoms with Gasteiger partial charge in [-0.25, -0.2) is 4.79 Å². The molecule has 88 valence electrons. The minimum Gasteiger partial charge on any atom is -0.479 e. The number of aliphatic hydroxyl groups excluding tert-OH is 4. The number of aliphatic carboxylic acids is 1. The van der Waals surface area contributed by atoms with Gasteiger partial charge < -0.3 is 30.3 Å². The van der Waals surface area contributed by atoms with Gasteiger partial charge in [-0.05, 0) is 0 Å². The van der Waals surface area contributed by atoms with E-state index < -0.39 is 43.1 Å². The van der Waals surface area contributed by atoms with E-state index in [0.29, 0.717) is 0 Å². The van der Waals surface area contributed by atoms with Crippen LogP contribution < -0.4 is 0 Å². The predicted molar refractivity (Wildman–Crippen MR) is 46.0 cm³/mol. The Morgan fingerprint density at radius 2 is 1.80 bits per heavy atom. The van der Waals surface area contributed by atoms with Crippen LogP contribution in [0.15, 0.2) is 0 Å². The fourth-order valence-corrected chi connectivity index (χ4v) is 1.49. The SMILES string of the molecule is O=C(O)[C@H](O)C[C@H]1O[C@H](CO)[C@@H](O)[C@@H]1O. The van der Waals surface area contributed by atoms with Crippen molar-refractivity contribution in [3.63, 3.8) is 0 Å². The first-order valence-corrected chi connectivity index (χ1v) is 4.50. The van der Waals surface area contributed by atoms with E-state index in [9.17, 15) is 15.0 Å². The molecular formula is C8H14O7. The quantitative estimate of drug-likeness (QED) is 0.350. The lowest BCUT2D eigenvalue weighted by molar-refractivity contribution is -0.149. The molecule has 1 saturated heterocycles. The molecule has 1 rings (SSSR count). The van der Waals surface area contributed by atoms with Crippen molar-refractivity contribution in [3.8, 4) is 0 Å². The van der Waals surface area contributed by atoms with E-state index in [-0.39, 0.29) is 6.42 Å². The van der Waals surface area contributed by atoms with E-state index in [1.165, 1.54) is 0 Å². The van der Waals surface area contributed by atoms with Gasteiger partial charge in [-0.2, -0.15) is 0 Å². The highest BCUT2D eigenvalue weighted by Crippen LogP contribution is 2.24. The van der Waals surface area contributed by atoms with Crippen LogP contribution >= 0.6 is 0 Å². The summed E-state index contributed by atoms with van der Waals surface area (Å²) >= 11 is 0. The Balaban J connectivity index is 2.54. The van der Waals surface area contributed by atoms with Gasteiger partial charge in [-0.3, -0.25) is 0 Å². The number of rotatable bonds is 4. The lowest BCUT2D eigenvalue weighted by Gasteiger charge is -2.15. The van der Waals surface area contributed by atoms with Crippen LogP contribution in [0.1, 0.15) is 6.42 Å². The average molecular weight is 222 g/mol. The summed E-state index contributed by atoms with van der Waals surface area (Å²) in [5.74, 6) is -1.42. The first-order chi connectivity index (χ1) is 6.97. The molecule has 0 aromatic heterocycles. The maximum absolute atomic E-state index is 10.3. The van der Waals surface area contributed by atoms with Crippen molar-refractivity contribution in [2.24, 2.45) is 0 Å². The topological polar surface area (TPSA) is 127 Å². The third-order valence-electron chi connectivity index (χ3n) is 2.38. The number of ether oxygens (including phenoxy) is 1. The molecule has 0 unspecified atom stereocenters. The molecule has 1 heterocycles. The molecule has 0 aromatic rings. The average Bonchev–Trinajstić information content (AvgIpc) is 2.45. The largest absolute Gasteiger partial charge is 0.479 e. The van der Waals surface area contributed by atoms with Gasteiger partial charge in [0, 0.05) is 6.42 Å². The summed E-state index contributed by atoms with van der Waals surface area (Å²) in [7, 11) is 0. The maximum Gasteiger partial charge on any atom is 0.332 e. The second-order valence-corrected chi connectivity index (χ2v) is 3.47. The number of carboxylic acid groups (broad SMARTS) is 1. The fraction of sp³-hybridized carbons (Fsp3) is 0.875. The second-order valence-electron chi connectivity index (χ2n) is 3.47. The summed E-state index contributed by atoms with van der Waals surface area (Å²) < 4.78 is 4.98. The van der Waals surface area contributed by atoms with E-state index in [4.69, 9.17) is 20.1 Å². The lowest BCUT2D eigenvalue weighted by atomic mass is 10.0. The summed E-state index contributed by atoms with van der Waals surface area (Å²) in [6.07, 6.45) is -6.47. The Kier molecular flexibility index (Phi) is 4.00. The van der Waals surface area contributed by atoms with Crippen molar-refractivity contribution in [1.29, 1.82) is 0 Å². The molecule has 15 heavy (non-hydrogen) atoms. The molecule has 0 saturated carbocycles. The van der Waals surface area contributed by atoms with Gasteiger partial charge in [-0.15, -0.1) is 0 Å².